The molecule has 0 bridgehead atoms. The second-order valence-electron chi connectivity index (χ2n) is 5.77. The molecule has 1 aromatic carbocycles. The fraction of sp³-hybridized carbons (Fsp3) is 0.222. The SMILES string of the molecule is C[C@H](C[C@H](O)c1ccco1)NC(=O)Nc1cccc(-n2cccn2)c1. The molecule has 0 unspecified atom stereocenters. The van der Waals surface area contributed by atoms with E-state index in [9.17, 15) is 9.90 Å². The lowest BCUT2D eigenvalue weighted by atomic mass is 10.1. The van der Waals surface area contributed by atoms with Gasteiger partial charge in [0.1, 0.15) is 11.9 Å². The summed E-state index contributed by atoms with van der Waals surface area (Å²) in [5, 5.41) is 19.8. The van der Waals surface area contributed by atoms with Gasteiger partial charge in [0.2, 0.25) is 0 Å². The zero-order valence-electron chi connectivity index (χ0n) is 13.8. The van der Waals surface area contributed by atoms with E-state index >= 15 is 0 Å². The number of carbonyl (C=O) groups excluding carboxylic acids is 1. The monoisotopic (exact) mass is 340 g/mol. The molecule has 0 aliphatic carbocycles. The highest BCUT2D eigenvalue weighted by molar-refractivity contribution is 5.89. The molecule has 25 heavy (non-hydrogen) atoms. The van der Waals surface area contributed by atoms with Gasteiger partial charge in [0.05, 0.1) is 12.0 Å². The number of aliphatic hydroxyl groups excluding tert-OH is 1. The summed E-state index contributed by atoms with van der Waals surface area (Å²) in [7, 11) is 0. The second kappa shape index (κ2) is 7.67. The Balaban J connectivity index is 1.54. The third-order valence-corrected chi connectivity index (χ3v) is 3.70. The first-order chi connectivity index (χ1) is 12.1. The number of nitrogens with zero attached hydrogens (tertiary/aromatic N) is 2. The molecular weight excluding hydrogens is 320 g/mol. The van der Waals surface area contributed by atoms with Crippen molar-refractivity contribution < 1.29 is 14.3 Å². The number of rotatable bonds is 6. The number of nitrogens with one attached hydrogen (secondary N) is 2. The molecule has 0 saturated carbocycles. The summed E-state index contributed by atoms with van der Waals surface area (Å²) in [4.78, 5) is 12.1. The maximum absolute atomic E-state index is 12.1. The zero-order valence-corrected chi connectivity index (χ0v) is 13.8. The van der Waals surface area contributed by atoms with E-state index in [0.29, 0.717) is 17.9 Å². The van der Waals surface area contributed by atoms with Crippen molar-refractivity contribution in [3.05, 3.63) is 66.9 Å². The number of amides is 2. The van der Waals surface area contributed by atoms with Crippen LogP contribution in [0.1, 0.15) is 25.2 Å². The molecule has 3 aromatic rings. The smallest absolute Gasteiger partial charge is 0.319 e. The highest BCUT2D eigenvalue weighted by Crippen LogP contribution is 2.18. The molecule has 0 saturated heterocycles. The Hall–Kier alpha value is -3.06. The van der Waals surface area contributed by atoms with E-state index < -0.39 is 6.10 Å². The number of aromatic nitrogens is 2. The third kappa shape index (κ3) is 4.48. The minimum absolute atomic E-state index is 0.227. The van der Waals surface area contributed by atoms with Crippen LogP contribution >= 0.6 is 0 Å². The number of furan rings is 1. The number of urea groups is 1. The van der Waals surface area contributed by atoms with Crippen LogP contribution in [0.15, 0.2) is 65.5 Å². The lowest BCUT2D eigenvalue weighted by Gasteiger charge is -2.17. The fourth-order valence-electron chi connectivity index (χ4n) is 2.53. The highest BCUT2D eigenvalue weighted by Gasteiger charge is 2.16. The number of carbonyl (C=O) groups is 1. The first-order valence-corrected chi connectivity index (χ1v) is 8.01. The second-order valence-corrected chi connectivity index (χ2v) is 5.77. The standard InChI is InChI=1S/C18H20N4O3/c1-13(11-16(23)17-7-3-10-25-17)20-18(24)21-14-5-2-6-15(12-14)22-9-4-8-19-22/h2-10,12-13,16,23H,11H2,1H3,(H2,20,21,24)/t13-,16+/m1/s1. The van der Waals surface area contributed by atoms with Gasteiger partial charge in [0.15, 0.2) is 0 Å². The summed E-state index contributed by atoms with van der Waals surface area (Å²) < 4.78 is 6.87. The average Bonchev–Trinajstić information content (AvgIpc) is 3.28. The first kappa shape index (κ1) is 16.8. The number of hydrogen-bond donors (Lipinski definition) is 3. The van der Waals surface area contributed by atoms with E-state index in [1.807, 2.05) is 37.4 Å². The minimum Gasteiger partial charge on any atom is -0.467 e. The molecule has 2 aromatic heterocycles. The van der Waals surface area contributed by atoms with Gasteiger partial charge in [-0.1, -0.05) is 6.07 Å². The normalized spacial score (nSPS) is 13.2. The molecule has 3 N–H and O–H groups in total. The Labute approximate surface area is 145 Å². The average molecular weight is 340 g/mol. The summed E-state index contributed by atoms with van der Waals surface area (Å²) in [6.45, 7) is 1.83. The van der Waals surface area contributed by atoms with Crippen LogP contribution < -0.4 is 10.6 Å². The van der Waals surface area contributed by atoms with Crippen LogP contribution in [0.4, 0.5) is 10.5 Å². The van der Waals surface area contributed by atoms with E-state index in [4.69, 9.17) is 4.42 Å². The number of anilines is 1. The van der Waals surface area contributed by atoms with Crippen molar-refractivity contribution in [2.75, 3.05) is 5.32 Å². The van der Waals surface area contributed by atoms with Crippen LogP contribution in [0.5, 0.6) is 0 Å². The van der Waals surface area contributed by atoms with E-state index in [1.165, 1.54) is 6.26 Å². The summed E-state index contributed by atoms with van der Waals surface area (Å²) in [6.07, 6.45) is 4.63. The molecule has 0 fully saturated rings. The van der Waals surface area contributed by atoms with Crippen LogP contribution in [-0.4, -0.2) is 27.0 Å². The Morgan fingerprint density at radius 1 is 1.32 bits per heavy atom. The lowest BCUT2D eigenvalue weighted by molar-refractivity contribution is 0.130. The van der Waals surface area contributed by atoms with Crippen molar-refractivity contribution in [2.45, 2.75) is 25.5 Å². The van der Waals surface area contributed by atoms with Crippen molar-refractivity contribution in [2.24, 2.45) is 0 Å². The molecule has 0 radical (unpaired) electrons. The van der Waals surface area contributed by atoms with Crippen molar-refractivity contribution in [3.63, 3.8) is 0 Å². The predicted molar refractivity (Wildman–Crippen MR) is 93.5 cm³/mol. The van der Waals surface area contributed by atoms with E-state index in [2.05, 4.69) is 15.7 Å². The predicted octanol–water partition coefficient (Wildman–Crippen LogP) is 3.10. The van der Waals surface area contributed by atoms with Gasteiger partial charge in [-0.3, -0.25) is 0 Å². The largest absolute Gasteiger partial charge is 0.467 e. The van der Waals surface area contributed by atoms with Crippen molar-refractivity contribution in [1.29, 1.82) is 0 Å². The molecule has 130 valence electrons. The minimum atomic E-state index is -0.756. The quantitative estimate of drug-likeness (QED) is 0.643. The maximum atomic E-state index is 12.1. The fourth-order valence-corrected chi connectivity index (χ4v) is 2.53. The molecule has 0 aliphatic heterocycles. The van der Waals surface area contributed by atoms with Gasteiger partial charge in [-0.2, -0.15) is 5.10 Å². The van der Waals surface area contributed by atoms with Crippen molar-refractivity contribution in [1.82, 2.24) is 15.1 Å². The van der Waals surface area contributed by atoms with Crippen molar-refractivity contribution in [3.8, 4) is 5.69 Å². The van der Waals surface area contributed by atoms with E-state index in [1.54, 1.807) is 29.1 Å². The van der Waals surface area contributed by atoms with Crippen LogP contribution in [0.2, 0.25) is 0 Å². The van der Waals surface area contributed by atoms with Gasteiger partial charge in [-0.25, -0.2) is 9.48 Å². The Morgan fingerprint density at radius 2 is 2.20 bits per heavy atom. The van der Waals surface area contributed by atoms with Crippen LogP contribution in [-0.2, 0) is 0 Å². The molecule has 7 heteroatoms. The van der Waals surface area contributed by atoms with Gasteiger partial charge in [0, 0.05) is 30.5 Å². The van der Waals surface area contributed by atoms with E-state index in [0.717, 1.165) is 5.69 Å². The molecule has 0 spiro atoms. The molecule has 3 rings (SSSR count). The Bertz CT molecular complexity index is 800. The van der Waals surface area contributed by atoms with Gasteiger partial charge in [0.25, 0.3) is 0 Å². The third-order valence-electron chi connectivity index (χ3n) is 3.70. The van der Waals surface area contributed by atoms with Crippen LogP contribution in [0.3, 0.4) is 0 Å². The molecule has 2 heterocycles. The first-order valence-electron chi connectivity index (χ1n) is 8.01. The van der Waals surface area contributed by atoms with Crippen LogP contribution in [0, 0.1) is 0 Å². The van der Waals surface area contributed by atoms with Gasteiger partial charge >= 0.3 is 6.03 Å². The molecule has 2 atom stereocenters. The molecule has 2 amide bonds. The topological polar surface area (TPSA) is 92.3 Å². The number of benzene rings is 1. The Kier molecular flexibility index (Phi) is 5.15. The summed E-state index contributed by atoms with van der Waals surface area (Å²) in [5.74, 6) is 0.487. The van der Waals surface area contributed by atoms with Gasteiger partial charge in [-0.05, 0) is 43.3 Å². The molecule has 7 nitrogen and oxygen atoms in total. The summed E-state index contributed by atoms with van der Waals surface area (Å²) >= 11 is 0. The highest BCUT2D eigenvalue weighted by atomic mass is 16.4. The molecular formula is C18H20N4O3. The lowest BCUT2D eigenvalue weighted by Crippen LogP contribution is -2.37. The Morgan fingerprint density at radius 3 is 2.92 bits per heavy atom. The molecule has 0 aliphatic rings. The number of hydrogen-bond acceptors (Lipinski definition) is 4. The summed E-state index contributed by atoms with van der Waals surface area (Å²) in [5.41, 5.74) is 1.51. The van der Waals surface area contributed by atoms with Crippen LogP contribution in [0.25, 0.3) is 5.69 Å². The maximum Gasteiger partial charge on any atom is 0.319 e. The van der Waals surface area contributed by atoms with Gasteiger partial charge in [-0.15, -0.1) is 0 Å². The van der Waals surface area contributed by atoms with Gasteiger partial charge < -0.3 is 20.2 Å². The zero-order chi connectivity index (χ0) is 17.6. The summed E-state index contributed by atoms with van der Waals surface area (Å²) in [6, 6.07) is 12.1. The van der Waals surface area contributed by atoms with Crippen molar-refractivity contribution >= 4 is 11.7 Å². The van der Waals surface area contributed by atoms with E-state index in [-0.39, 0.29) is 12.1 Å². The number of aliphatic hydroxyl groups is 1.